The zero-order valence-corrected chi connectivity index (χ0v) is 18.6. The Hall–Kier alpha value is -0.970. The van der Waals surface area contributed by atoms with Crippen molar-refractivity contribution in [1.82, 2.24) is 15.6 Å². The Morgan fingerprint density at radius 2 is 1.88 bits per heavy atom. The van der Waals surface area contributed by atoms with Gasteiger partial charge in [-0.2, -0.15) is 0 Å². The third-order valence-electron chi connectivity index (χ3n) is 3.61. The predicted octanol–water partition coefficient (Wildman–Crippen LogP) is 3.07. The first-order chi connectivity index (χ1) is 12.3. The summed E-state index contributed by atoms with van der Waals surface area (Å²) in [6.45, 7) is 3.73. The highest BCUT2D eigenvalue weighted by atomic mass is 127. The predicted molar refractivity (Wildman–Crippen MR) is 120 cm³/mol. The van der Waals surface area contributed by atoms with E-state index in [0.717, 1.165) is 50.4 Å². The van der Waals surface area contributed by atoms with Crippen LogP contribution in [0.25, 0.3) is 10.2 Å². The summed E-state index contributed by atoms with van der Waals surface area (Å²) in [4.78, 5) is 8.90. The molecule has 0 spiro atoms. The first-order valence-corrected chi connectivity index (χ1v) is 9.51. The van der Waals surface area contributed by atoms with Crippen LogP contribution < -0.4 is 10.6 Å². The number of para-hydroxylation sites is 1. The molecule has 1 heterocycles. The van der Waals surface area contributed by atoms with Crippen molar-refractivity contribution in [3.05, 3.63) is 29.3 Å². The van der Waals surface area contributed by atoms with Crippen molar-refractivity contribution in [3.8, 4) is 0 Å². The van der Waals surface area contributed by atoms with E-state index >= 15 is 0 Å². The van der Waals surface area contributed by atoms with Crippen LogP contribution in [0.15, 0.2) is 29.3 Å². The fourth-order valence-electron chi connectivity index (χ4n) is 2.32. The van der Waals surface area contributed by atoms with Crippen LogP contribution in [0.5, 0.6) is 0 Å². The molecule has 0 saturated carbocycles. The van der Waals surface area contributed by atoms with Gasteiger partial charge in [0.15, 0.2) is 5.96 Å². The van der Waals surface area contributed by atoms with Crippen LogP contribution in [-0.4, -0.2) is 58.0 Å². The largest absolute Gasteiger partial charge is 0.382 e. The lowest BCUT2D eigenvalue weighted by Crippen LogP contribution is -2.38. The molecule has 0 radical (unpaired) electrons. The van der Waals surface area contributed by atoms with Crippen molar-refractivity contribution >= 4 is 51.5 Å². The lowest BCUT2D eigenvalue weighted by molar-refractivity contribution is 0.0698. The van der Waals surface area contributed by atoms with Gasteiger partial charge < -0.3 is 20.1 Å². The summed E-state index contributed by atoms with van der Waals surface area (Å²) in [5, 5.41) is 7.83. The van der Waals surface area contributed by atoms with Crippen molar-refractivity contribution in [1.29, 1.82) is 0 Å². The molecule has 2 rings (SSSR count). The van der Waals surface area contributed by atoms with Crippen LogP contribution >= 0.6 is 35.3 Å². The second kappa shape index (κ2) is 14.1. The number of aromatic nitrogens is 1. The Morgan fingerprint density at radius 3 is 2.62 bits per heavy atom. The average Bonchev–Trinajstić information content (AvgIpc) is 3.05. The number of hydrogen-bond acceptors (Lipinski definition) is 5. The Bertz CT molecular complexity index is 618. The summed E-state index contributed by atoms with van der Waals surface area (Å²) >= 11 is 1.78. The molecule has 26 heavy (non-hydrogen) atoms. The van der Waals surface area contributed by atoms with E-state index < -0.39 is 0 Å². The van der Waals surface area contributed by atoms with Gasteiger partial charge in [-0.3, -0.25) is 4.99 Å². The quantitative estimate of drug-likeness (QED) is 0.219. The maximum Gasteiger partial charge on any atom is 0.190 e. The number of hydrogen-bond donors (Lipinski definition) is 2. The van der Waals surface area contributed by atoms with Crippen molar-refractivity contribution in [2.24, 2.45) is 4.99 Å². The summed E-state index contributed by atoms with van der Waals surface area (Å²) in [7, 11) is 3.47. The molecule has 146 valence electrons. The van der Waals surface area contributed by atoms with Gasteiger partial charge in [0.2, 0.25) is 0 Å². The number of fused-ring (bicyclic) bond motifs is 1. The highest BCUT2D eigenvalue weighted by molar-refractivity contribution is 14.0. The summed E-state index contributed by atoms with van der Waals surface area (Å²) in [6, 6.07) is 8.29. The van der Waals surface area contributed by atoms with Crippen LogP contribution in [0.4, 0.5) is 0 Å². The maximum absolute atomic E-state index is 5.43. The van der Waals surface area contributed by atoms with Crippen molar-refractivity contribution in [3.63, 3.8) is 0 Å². The Labute approximate surface area is 176 Å². The van der Waals surface area contributed by atoms with Gasteiger partial charge in [0.25, 0.3) is 0 Å². The molecule has 0 atom stereocenters. The monoisotopic (exact) mass is 492 g/mol. The minimum Gasteiger partial charge on any atom is -0.382 e. The molecule has 0 bridgehead atoms. The number of methoxy groups -OCH3 is 1. The van der Waals surface area contributed by atoms with E-state index in [1.807, 2.05) is 6.07 Å². The summed E-state index contributed by atoms with van der Waals surface area (Å²) in [5.74, 6) is 0.834. The number of thiazole rings is 1. The summed E-state index contributed by atoms with van der Waals surface area (Å²) in [6.07, 6.45) is 2.95. The molecule has 8 heteroatoms. The van der Waals surface area contributed by atoms with Gasteiger partial charge in [-0.15, -0.1) is 35.3 Å². The van der Waals surface area contributed by atoms with Crippen LogP contribution in [0, 0.1) is 0 Å². The standard InChI is InChI=1S/C18H28N4O2S.HI/c1-19-18(21-11-6-12-24-14-13-23-2)20-10-5-9-17-22-15-7-3-4-8-16(15)25-17;/h3-4,7-8H,5-6,9-14H2,1-2H3,(H2,19,20,21);1H. The molecule has 1 aromatic heterocycles. The summed E-state index contributed by atoms with van der Waals surface area (Å²) < 4.78 is 11.6. The lowest BCUT2D eigenvalue weighted by Gasteiger charge is -2.11. The molecule has 0 unspecified atom stereocenters. The van der Waals surface area contributed by atoms with Crippen LogP contribution in [0.1, 0.15) is 17.8 Å². The number of aliphatic imine (C=N–C) groups is 1. The SMILES string of the molecule is CN=C(NCCCOCCOC)NCCCc1nc2ccccc2s1.I. The minimum absolute atomic E-state index is 0. The Morgan fingerprint density at radius 1 is 1.12 bits per heavy atom. The molecule has 0 amide bonds. The third kappa shape index (κ3) is 8.61. The van der Waals surface area contributed by atoms with E-state index in [-0.39, 0.29) is 24.0 Å². The number of nitrogens with one attached hydrogen (secondary N) is 2. The summed E-state index contributed by atoms with van der Waals surface area (Å²) in [5.41, 5.74) is 1.10. The smallest absolute Gasteiger partial charge is 0.190 e. The van der Waals surface area contributed by atoms with Gasteiger partial charge in [-0.05, 0) is 25.0 Å². The normalized spacial score (nSPS) is 11.4. The number of aryl methyl sites for hydroxylation is 1. The molecular formula is C18H29IN4O2S. The van der Waals surface area contributed by atoms with E-state index in [9.17, 15) is 0 Å². The van der Waals surface area contributed by atoms with Gasteiger partial charge in [0, 0.05) is 40.3 Å². The van der Waals surface area contributed by atoms with Gasteiger partial charge in [0.1, 0.15) is 0 Å². The average molecular weight is 492 g/mol. The fourth-order valence-corrected chi connectivity index (χ4v) is 3.33. The molecule has 2 N–H and O–H groups in total. The number of rotatable bonds is 11. The molecule has 0 fully saturated rings. The first kappa shape index (κ1) is 23.1. The van der Waals surface area contributed by atoms with Gasteiger partial charge in [-0.1, -0.05) is 12.1 Å². The number of ether oxygens (including phenoxy) is 2. The molecule has 0 aliphatic rings. The number of guanidine groups is 1. The van der Waals surface area contributed by atoms with Gasteiger partial charge in [0.05, 0.1) is 28.4 Å². The van der Waals surface area contributed by atoms with E-state index in [0.29, 0.717) is 13.2 Å². The van der Waals surface area contributed by atoms with E-state index in [4.69, 9.17) is 9.47 Å². The Balaban J connectivity index is 0.00000338. The number of nitrogens with zero attached hydrogens (tertiary/aromatic N) is 2. The van der Waals surface area contributed by atoms with Crippen LogP contribution in [-0.2, 0) is 15.9 Å². The molecule has 1 aromatic carbocycles. The number of benzene rings is 1. The topological polar surface area (TPSA) is 67.8 Å². The zero-order chi connectivity index (χ0) is 17.7. The van der Waals surface area contributed by atoms with Crippen molar-refractivity contribution < 1.29 is 9.47 Å². The minimum atomic E-state index is 0. The van der Waals surface area contributed by atoms with Crippen molar-refractivity contribution in [2.75, 3.05) is 47.1 Å². The third-order valence-corrected chi connectivity index (χ3v) is 4.71. The first-order valence-electron chi connectivity index (χ1n) is 8.69. The molecular weight excluding hydrogens is 463 g/mol. The van der Waals surface area contributed by atoms with Crippen molar-refractivity contribution in [2.45, 2.75) is 19.3 Å². The number of halogens is 1. The Kier molecular flexibility index (Phi) is 12.5. The molecule has 6 nitrogen and oxygen atoms in total. The molecule has 0 saturated heterocycles. The van der Waals surface area contributed by atoms with E-state index in [1.54, 1.807) is 25.5 Å². The van der Waals surface area contributed by atoms with Crippen LogP contribution in [0.2, 0.25) is 0 Å². The second-order valence-corrected chi connectivity index (χ2v) is 6.68. The van der Waals surface area contributed by atoms with Gasteiger partial charge in [-0.25, -0.2) is 4.98 Å². The highest BCUT2D eigenvalue weighted by Crippen LogP contribution is 2.22. The van der Waals surface area contributed by atoms with E-state index in [1.165, 1.54) is 9.71 Å². The molecule has 2 aromatic rings. The molecule has 0 aliphatic carbocycles. The van der Waals surface area contributed by atoms with Gasteiger partial charge >= 0.3 is 0 Å². The molecule has 0 aliphatic heterocycles. The maximum atomic E-state index is 5.43. The van der Waals surface area contributed by atoms with E-state index in [2.05, 4.69) is 38.8 Å². The zero-order valence-electron chi connectivity index (χ0n) is 15.5. The highest BCUT2D eigenvalue weighted by Gasteiger charge is 2.03. The lowest BCUT2D eigenvalue weighted by atomic mass is 10.3. The fraction of sp³-hybridized carbons (Fsp3) is 0.556. The second-order valence-electron chi connectivity index (χ2n) is 5.56. The van der Waals surface area contributed by atoms with Crippen LogP contribution in [0.3, 0.4) is 0 Å².